The van der Waals surface area contributed by atoms with Crippen molar-refractivity contribution >= 4 is 0 Å². The lowest BCUT2D eigenvalue weighted by Gasteiger charge is -2.05. The molecular weight excluding hydrogens is 520 g/mol. The summed E-state index contributed by atoms with van der Waals surface area (Å²) in [7, 11) is 0. The smallest absolute Gasteiger partial charge is 0.00773 e. The molecule has 0 heterocycles. The number of rotatable bonds is 40. The molecule has 0 atom stereocenters. The molecule has 0 fully saturated rings. The van der Waals surface area contributed by atoms with Gasteiger partial charge in [-0.1, -0.05) is 238 Å². The third kappa shape index (κ3) is 41.9. The van der Waals surface area contributed by atoms with Gasteiger partial charge >= 0.3 is 0 Å². The van der Waals surface area contributed by atoms with Crippen molar-refractivity contribution in [3.63, 3.8) is 0 Å². The molecule has 0 bridgehead atoms. The Balaban J connectivity index is 3.02. The van der Waals surface area contributed by atoms with Crippen LogP contribution in [0.15, 0.2) is 0 Å². The quantitative estimate of drug-likeness (QED) is 0.0682. The van der Waals surface area contributed by atoms with E-state index in [9.17, 15) is 0 Å². The van der Waals surface area contributed by atoms with Crippen molar-refractivity contribution in [2.24, 2.45) is 11.5 Å². The minimum Gasteiger partial charge on any atom is -0.330 e. The van der Waals surface area contributed by atoms with E-state index in [1.165, 1.54) is 250 Å². The molecule has 0 aromatic carbocycles. The summed E-state index contributed by atoms with van der Waals surface area (Å²) in [6.07, 6.45) is 56.6. The van der Waals surface area contributed by atoms with Gasteiger partial charge in [0.1, 0.15) is 0 Å². The molecule has 4 N–H and O–H groups in total. The zero-order chi connectivity index (χ0) is 31.0. The highest BCUT2D eigenvalue weighted by atomic mass is 14.5. The molecule has 260 valence electrons. The predicted molar refractivity (Wildman–Crippen MR) is 198 cm³/mol. The minimum atomic E-state index is 0.874. The molecule has 0 amide bonds. The molecule has 0 aromatic rings. The molecule has 2 nitrogen and oxygen atoms in total. The molecular formula is C41H86N2. The van der Waals surface area contributed by atoms with E-state index in [-0.39, 0.29) is 0 Å². The molecule has 2 heteroatoms. The van der Waals surface area contributed by atoms with Crippen LogP contribution in [0.2, 0.25) is 0 Å². The van der Waals surface area contributed by atoms with E-state index in [1.807, 2.05) is 0 Å². The van der Waals surface area contributed by atoms with Gasteiger partial charge < -0.3 is 11.5 Å². The van der Waals surface area contributed by atoms with E-state index < -0.39 is 0 Å². The van der Waals surface area contributed by atoms with Gasteiger partial charge in [-0.15, -0.1) is 0 Å². The Hall–Kier alpha value is -0.0800. The first kappa shape index (κ1) is 42.9. The van der Waals surface area contributed by atoms with Gasteiger partial charge in [0.25, 0.3) is 0 Å². The number of unbranched alkanes of at least 4 members (excludes halogenated alkanes) is 38. The van der Waals surface area contributed by atoms with Crippen molar-refractivity contribution in [3.05, 3.63) is 0 Å². The van der Waals surface area contributed by atoms with Crippen molar-refractivity contribution in [1.82, 2.24) is 0 Å². The second kappa shape index (κ2) is 41.9. The van der Waals surface area contributed by atoms with E-state index in [0.717, 1.165) is 13.1 Å². The van der Waals surface area contributed by atoms with Crippen LogP contribution in [-0.2, 0) is 0 Å². The Kier molecular flexibility index (Phi) is 41.8. The van der Waals surface area contributed by atoms with Gasteiger partial charge in [0.15, 0.2) is 0 Å². The molecule has 0 spiro atoms. The van der Waals surface area contributed by atoms with E-state index >= 15 is 0 Å². The van der Waals surface area contributed by atoms with Gasteiger partial charge in [-0.25, -0.2) is 0 Å². The monoisotopic (exact) mass is 607 g/mol. The Labute approximate surface area is 274 Å². The summed E-state index contributed by atoms with van der Waals surface area (Å²) >= 11 is 0. The van der Waals surface area contributed by atoms with Crippen LogP contribution in [-0.4, -0.2) is 13.1 Å². The molecule has 0 saturated carbocycles. The average molecular weight is 607 g/mol. The second-order valence-corrected chi connectivity index (χ2v) is 14.4. The van der Waals surface area contributed by atoms with Crippen molar-refractivity contribution in [2.45, 2.75) is 250 Å². The third-order valence-electron chi connectivity index (χ3n) is 9.91. The van der Waals surface area contributed by atoms with E-state index in [2.05, 4.69) is 0 Å². The van der Waals surface area contributed by atoms with Crippen molar-refractivity contribution in [2.75, 3.05) is 13.1 Å². The standard InChI is InChI=1S/C41H86N2/c42-40-38-36-34-32-30-28-26-24-22-20-18-16-14-12-10-8-6-4-2-1-3-5-7-9-11-13-15-17-19-21-23-25-27-29-31-33-35-37-39-41-43/h1-43H2. The molecule has 43 heavy (non-hydrogen) atoms. The first-order chi connectivity index (χ1) is 21.4. The summed E-state index contributed by atoms with van der Waals surface area (Å²) in [4.78, 5) is 0. The zero-order valence-corrected chi connectivity index (χ0v) is 30.1. The van der Waals surface area contributed by atoms with Crippen molar-refractivity contribution in [3.8, 4) is 0 Å². The zero-order valence-electron chi connectivity index (χ0n) is 30.1. The van der Waals surface area contributed by atoms with Gasteiger partial charge in [-0.05, 0) is 25.9 Å². The van der Waals surface area contributed by atoms with Crippen LogP contribution in [0.25, 0.3) is 0 Å². The largest absolute Gasteiger partial charge is 0.330 e. The Bertz CT molecular complexity index is 411. The summed E-state index contributed by atoms with van der Waals surface area (Å²) in [5.74, 6) is 0. The second-order valence-electron chi connectivity index (χ2n) is 14.4. The fourth-order valence-electron chi connectivity index (χ4n) is 6.83. The van der Waals surface area contributed by atoms with Crippen molar-refractivity contribution in [1.29, 1.82) is 0 Å². The van der Waals surface area contributed by atoms with Crippen molar-refractivity contribution < 1.29 is 0 Å². The highest BCUT2D eigenvalue weighted by molar-refractivity contribution is 4.53. The number of nitrogens with two attached hydrogens (primary N) is 2. The molecule has 0 aliphatic rings. The first-order valence-corrected chi connectivity index (χ1v) is 20.8. The number of hydrogen-bond donors (Lipinski definition) is 2. The van der Waals surface area contributed by atoms with Gasteiger partial charge in [0.2, 0.25) is 0 Å². The summed E-state index contributed by atoms with van der Waals surface area (Å²) < 4.78 is 0. The normalized spacial score (nSPS) is 11.6. The topological polar surface area (TPSA) is 52.0 Å². The fraction of sp³-hybridized carbons (Fsp3) is 1.00. The summed E-state index contributed by atoms with van der Waals surface area (Å²) in [5, 5.41) is 0. The molecule has 0 aliphatic carbocycles. The molecule has 0 saturated heterocycles. The first-order valence-electron chi connectivity index (χ1n) is 20.8. The maximum absolute atomic E-state index is 5.55. The summed E-state index contributed by atoms with van der Waals surface area (Å²) in [6, 6.07) is 0. The van der Waals surface area contributed by atoms with E-state index in [4.69, 9.17) is 11.5 Å². The van der Waals surface area contributed by atoms with E-state index in [0.29, 0.717) is 0 Å². The van der Waals surface area contributed by atoms with Crippen LogP contribution in [0.5, 0.6) is 0 Å². The van der Waals surface area contributed by atoms with Gasteiger partial charge in [-0.3, -0.25) is 0 Å². The Morgan fingerprint density at radius 1 is 0.116 bits per heavy atom. The molecule has 0 unspecified atom stereocenters. The van der Waals surface area contributed by atoms with Crippen LogP contribution >= 0.6 is 0 Å². The highest BCUT2D eigenvalue weighted by Gasteiger charge is 1.98. The highest BCUT2D eigenvalue weighted by Crippen LogP contribution is 2.17. The maximum Gasteiger partial charge on any atom is -0.00773 e. The lowest BCUT2D eigenvalue weighted by Crippen LogP contribution is -1.97. The van der Waals surface area contributed by atoms with Crippen LogP contribution in [0.1, 0.15) is 250 Å². The van der Waals surface area contributed by atoms with E-state index in [1.54, 1.807) is 0 Å². The van der Waals surface area contributed by atoms with Crippen LogP contribution in [0, 0.1) is 0 Å². The fourth-order valence-corrected chi connectivity index (χ4v) is 6.83. The third-order valence-corrected chi connectivity index (χ3v) is 9.91. The molecule has 0 rings (SSSR count). The summed E-state index contributed by atoms with van der Waals surface area (Å²) in [6.45, 7) is 1.75. The lowest BCUT2D eigenvalue weighted by atomic mass is 10.0. The van der Waals surface area contributed by atoms with Gasteiger partial charge in [0, 0.05) is 0 Å². The van der Waals surface area contributed by atoms with Gasteiger partial charge in [0.05, 0.1) is 0 Å². The maximum atomic E-state index is 5.55. The van der Waals surface area contributed by atoms with Crippen LogP contribution < -0.4 is 11.5 Å². The predicted octanol–water partition coefficient (Wildman–Crippen LogP) is 14.1. The molecule has 0 aliphatic heterocycles. The number of hydrogen-bond acceptors (Lipinski definition) is 2. The Morgan fingerprint density at radius 3 is 0.256 bits per heavy atom. The van der Waals surface area contributed by atoms with Gasteiger partial charge in [-0.2, -0.15) is 0 Å². The Morgan fingerprint density at radius 2 is 0.186 bits per heavy atom. The van der Waals surface area contributed by atoms with Crippen LogP contribution in [0.3, 0.4) is 0 Å². The average Bonchev–Trinajstić information content (AvgIpc) is 3.02. The SMILES string of the molecule is NCCCCCCCCCCCCCCCCCCCCCCCCCCCCCCCCCCCCCCCCCN. The molecule has 0 aromatic heterocycles. The lowest BCUT2D eigenvalue weighted by molar-refractivity contribution is 0.509. The summed E-state index contributed by atoms with van der Waals surface area (Å²) in [5.41, 5.74) is 11.1. The molecule has 0 radical (unpaired) electrons. The minimum absolute atomic E-state index is 0.874. The van der Waals surface area contributed by atoms with Crippen LogP contribution in [0.4, 0.5) is 0 Å².